The number of halogens is 1. The molecule has 0 bridgehead atoms. The third-order valence-corrected chi connectivity index (χ3v) is 3.85. The zero-order valence-electron chi connectivity index (χ0n) is 11.9. The van der Waals surface area contributed by atoms with Crippen LogP contribution in [0.2, 0.25) is 5.02 Å². The third kappa shape index (κ3) is 3.05. The van der Waals surface area contributed by atoms with Crippen LogP contribution in [-0.2, 0) is 6.42 Å². The average Bonchev–Trinajstić information content (AvgIpc) is 2.90. The maximum absolute atomic E-state index is 5.92. The minimum Gasteiger partial charge on any atom is -0.497 e. The number of aromatic amines is 1. The van der Waals surface area contributed by atoms with Crippen molar-refractivity contribution in [1.82, 2.24) is 14.8 Å². The first-order valence-electron chi connectivity index (χ1n) is 6.72. The summed E-state index contributed by atoms with van der Waals surface area (Å²) < 4.78 is 7.73. The Labute approximate surface area is 138 Å². The Bertz CT molecular complexity index is 839. The van der Waals surface area contributed by atoms with Gasteiger partial charge in [-0.3, -0.25) is 9.67 Å². The lowest BCUT2D eigenvalue weighted by molar-refractivity contribution is 0.414. The van der Waals surface area contributed by atoms with E-state index in [0.29, 0.717) is 11.2 Å². The molecule has 3 aromatic rings. The molecule has 6 heteroatoms. The van der Waals surface area contributed by atoms with E-state index in [1.54, 1.807) is 7.11 Å². The van der Waals surface area contributed by atoms with Crippen LogP contribution in [0.3, 0.4) is 0 Å². The highest BCUT2D eigenvalue weighted by Crippen LogP contribution is 2.20. The minimum atomic E-state index is 0.553. The van der Waals surface area contributed by atoms with Gasteiger partial charge in [-0.05, 0) is 42.0 Å². The summed E-state index contributed by atoms with van der Waals surface area (Å²) in [5.41, 5.74) is 2.03. The molecule has 0 radical (unpaired) electrons. The largest absolute Gasteiger partial charge is 0.497 e. The molecular weight excluding hydrogens is 318 g/mol. The van der Waals surface area contributed by atoms with Gasteiger partial charge in [0.15, 0.2) is 4.77 Å². The summed E-state index contributed by atoms with van der Waals surface area (Å²) in [7, 11) is 1.64. The standard InChI is InChI=1S/C16H14ClN3OS/c1-21-14-4-2-3-13(10-14)20-15(18-19-16(20)22)9-11-5-7-12(17)8-6-11/h2-8,10H,9H2,1H3,(H,19,22). The van der Waals surface area contributed by atoms with Gasteiger partial charge in [0.2, 0.25) is 0 Å². The average molecular weight is 332 g/mol. The first kappa shape index (κ1) is 14.8. The Kier molecular flexibility index (Phi) is 4.27. The summed E-state index contributed by atoms with van der Waals surface area (Å²) in [6.07, 6.45) is 0.654. The first-order chi connectivity index (χ1) is 10.7. The normalized spacial score (nSPS) is 10.6. The van der Waals surface area contributed by atoms with Crippen LogP contribution in [-0.4, -0.2) is 21.9 Å². The topological polar surface area (TPSA) is 42.8 Å². The molecule has 0 unspecified atom stereocenters. The maximum Gasteiger partial charge on any atom is 0.199 e. The van der Waals surface area contributed by atoms with E-state index in [0.717, 1.165) is 27.8 Å². The van der Waals surface area contributed by atoms with Gasteiger partial charge in [0.1, 0.15) is 11.6 Å². The van der Waals surface area contributed by atoms with Crippen molar-refractivity contribution in [2.24, 2.45) is 0 Å². The Hall–Kier alpha value is -2.11. The van der Waals surface area contributed by atoms with Gasteiger partial charge in [-0.2, -0.15) is 5.10 Å². The molecule has 4 nitrogen and oxygen atoms in total. The Balaban J connectivity index is 2.00. The van der Waals surface area contributed by atoms with Crippen molar-refractivity contribution < 1.29 is 4.74 Å². The third-order valence-electron chi connectivity index (χ3n) is 3.33. The van der Waals surface area contributed by atoms with Crippen LogP contribution in [0.4, 0.5) is 0 Å². The fourth-order valence-corrected chi connectivity index (χ4v) is 2.63. The molecule has 1 N–H and O–H groups in total. The van der Waals surface area contributed by atoms with Crippen LogP contribution in [0, 0.1) is 4.77 Å². The summed E-state index contributed by atoms with van der Waals surface area (Å²) in [6, 6.07) is 15.4. The van der Waals surface area contributed by atoms with Crippen molar-refractivity contribution in [3.05, 3.63) is 69.7 Å². The number of nitrogens with zero attached hydrogens (tertiary/aromatic N) is 2. The molecule has 2 aromatic carbocycles. The molecule has 0 saturated heterocycles. The molecule has 0 atom stereocenters. The van der Waals surface area contributed by atoms with Crippen LogP contribution in [0.1, 0.15) is 11.4 Å². The lowest BCUT2D eigenvalue weighted by Crippen LogP contribution is -2.03. The summed E-state index contributed by atoms with van der Waals surface area (Å²) in [6.45, 7) is 0. The van der Waals surface area contributed by atoms with Gasteiger partial charge in [0.25, 0.3) is 0 Å². The summed E-state index contributed by atoms with van der Waals surface area (Å²) >= 11 is 11.3. The summed E-state index contributed by atoms with van der Waals surface area (Å²) in [5.74, 6) is 1.61. The van der Waals surface area contributed by atoms with E-state index in [1.807, 2.05) is 53.1 Å². The zero-order chi connectivity index (χ0) is 15.5. The maximum atomic E-state index is 5.92. The van der Waals surface area contributed by atoms with Crippen LogP contribution < -0.4 is 4.74 Å². The highest BCUT2D eigenvalue weighted by Gasteiger charge is 2.10. The second kappa shape index (κ2) is 6.34. The van der Waals surface area contributed by atoms with E-state index >= 15 is 0 Å². The lowest BCUT2D eigenvalue weighted by atomic mass is 10.1. The number of H-pyrrole nitrogens is 1. The number of methoxy groups -OCH3 is 1. The van der Waals surface area contributed by atoms with Crippen molar-refractivity contribution in [3.8, 4) is 11.4 Å². The molecular formula is C16H14ClN3OS. The van der Waals surface area contributed by atoms with Gasteiger partial charge in [-0.15, -0.1) is 0 Å². The van der Waals surface area contributed by atoms with Crippen molar-refractivity contribution in [2.75, 3.05) is 7.11 Å². The minimum absolute atomic E-state index is 0.553. The number of aromatic nitrogens is 3. The molecule has 3 rings (SSSR count). The van der Waals surface area contributed by atoms with Gasteiger partial charge in [-0.1, -0.05) is 29.8 Å². The predicted octanol–water partition coefficient (Wildman–Crippen LogP) is 4.18. The fourth-order valence-electron chi connectivity index (χ4n) is 2.25. The van der Waals surface area contributed by atoms with Crippen molar-refractivity contribution >= 4 is 23.8 Å². The number of nitrogens with one attached hydrogen (secondary N) is 1. The molecule has 1 heterocycles. The smallest absolute Gasteiger partial charge is 0.199 e. The van der Waals surface area contributed by atoms with E-state index in [2.05, 4.69) is 10.2 Å². The molecule has 0 aliphatic carbocycles. The molecule has 0 aliphatic rings. The summed E-state index contributed by atoms with van der Waals surface area (Å²) in [4.78, 5) is 0. The van der Waals surface area contributed by atoms with E-state index in [1.165, 1.54) is 0 Å². The monoisotopic (exact) mass is 331 g/mol. The van der Waals surface area contributed by atoms with Crippen LogP contribution in [0.25, 0.3) is 5.69 Å². The Morgan fingerprint density at radius 3 is 2.73 bits per heavy atom. The highest BCUT2D eigenvalue weighted by molar-refractivity contribution is 7.71. The highest BCUT2D eigenvalue weighted by atomic mass is 35.5. The van der Waals surface area contributed by atoms with Crippen molar-refractivity contribution in [1.29, 1.82) is 0 Å². The van der Waals surface area contributed by atoms with Crippen molar-refractivity contribution in [3.63, 3.8) is 0 Å². The van der Waals surface area contributed by atoms with Crippen LogP contribution in [0.15, 0.2) is 48.5 Å². The second-order valence-corrected chi connectivity index (χ2v) is 5.61. The number of rotatable bonds is 4. The number of benzene rings is 2. The van der Waals surface area contributed by atoms with Crippen LogP contribution in [0.5, 0.6) is 5.75 Å². The van der Waals surface area contributed by atoms with E-state index in [-0.39, 0.29) is 0 Å². The molecule has 1 aromatic heterocycles. The molecule has 0 spiro atoms. The fraction of sp³-hybridized carbons (Fsp3) is 0.125. The van der Waals surface area contributed by atoms with Gasteiger partial charge >= 0.3 is 0 Å². The molecule has 112 valence electrons. The zero-order valence-corrected chi connectivity index (χ0v) is 13.5. The van der Waals surface area contributed by atoms with Crippen molar-refractivity contribution in [2.45, 2.75) is 6.42 Å². The van der Waals surface area contributed by atoms with E-state index < -0.39 is 0 Å². The molecule has 0 fully saturated rings. The molecule has 22 heavy (non-hydrogen) atoms. The Morgan fingerprint density at radius 1 is 1.23 bits per heavy atom. The molecule has 0 aliphatic heterocycles. The predicted molar refractivity (Wildman–Crippen MR) is 89.6 cm³/mol. The van der Waals surface area contributed by atoms with Gasteiger partial charge in [0.05, 0.1) is 12.8 Å². The number of ether oxygens (including phenoxy) is 1. The van der Waals surface area contributed by atoms with Gasteiger partial charge in [-0.25, -0.2) is 0 Å². The van der Waals surface area contributed by atoms with Gasteiger partial charge < -0.3 is 4.74 Å². The quantitative estimate of drug-likeness (QED) is 0.729. The number of hydrogen-bond acceptors (Lipinski definition) is 3. The molecule has 0 amide bonds. The second-order valence-electron chi connectivity index (χ2n) is 4.79. The number of hydrogen-bond donors (Lipinski definition) is 1. The SMILES string of the molecule is COc1cccc(-n2c(Cc3ccc(Cl)cc3)n[nH]c2=S)c1. The van der Waals surface area contributed by atoms with Gasteiger partial charge in [0, 0.05) is 17.5 Å². The van der Waals surface area contributed by atoms with Crippen LogP contribution >= 0.6 is 23.8 Å². The Morgan fingerprint density at radius 2 is 2.00 bits per heavy atom. The first-order valence-corrected chi connectivity index (χ1v) is 7.51. The van der Waals surface area contributed by atoms with E-state index in [9.17, 15) is 0 Å². The molecule has 0 saturated carbocycles. The van der Waals surface area contributed by atoms with E-state index in [4.69, 9.17) is 28.6 Å². The summed E-state index contributed by atoms with van der Waals surface area (Å²) in [5, 5.41) is 7.91. The lowest BCUT2D eigenvalue weighted by Gasteiger charge is -2.08.